The number of benzene rings is 1. The quantitative estimate of drug-likeness (QED) is 0.817. The van der Waals surface area contributed by atoms with Crippen LogP contribution in [0.2, 0.25) is 5.02 Å². The molecular formula is C11H10ClNO4S. The van der Waals surface area contributed by atoms with Crippen LogP contribution in [0.4, 0.5) is 0 Å². The second-order valence-electron chi connectivity index (χ2n) is 3.41. The minimum Gasteiger partial charge on any atom is -0.478 e. The highest BCUT2D eigenvalue weighted by Gasteiger charge is 2.21. The number of hydrogen-bond acceptors (Lipinski definition) is 3. The zero-order valence-electron chi connectivity index (χ0n) is 9.40. The van der Waals surface area contributed by atoms with Crippen molar-refractivity contribution in [3.63, 3.8) is 0 Å². The lowest BCUT2D eigenvalue weighted by molar-refractivity contribution is 0.0696. The fraction of sp³-hybridized carbons (Fsp3) is 0.182. The van der Waals surface area contributed by atoms with Crippen LogP contribution in [0.15, 0.2) is 17.0 Å². The molecule has 18 heavy (non-hydrogen) atoms. The molecule has 5 nitrogen and oxygen atoms in total. The summed E-state index contributed by atoms with van der Waals surface area (Å²) in [6.45, 7) is 1.21. The molecule has 2 N–H and O–H groups in total. The molecule has 96 valence electrons. The molecular weight excluding hydrogens is 278 g/mol. The number of halogens is 1. The Morgan fingerprint density at radius 2 is 2.17 bits per heavy atom. The maximum Gasteiger partial charge on any atom is 0.336 e. The lowest BCUT2D eigenvalue weighted by Gasteiger charge is -2.10. The molecule has 7 heteroatoms. The van der Waals surface area contributed by atoms with E-state index in [9.17, 15) is 13.2 Å². The standard InChI is InChI=1S/C11H10ClNO4S/c1-3-4-13-18(16,17)10-6-8(12)5-9(7(10)2)11(14)15/h1,5-6,13H,4H2,2H3,(H,14,15). The minimum atomic E-state index is -3.87. The van der Waals surface area contributed by atoms with E-state index in [4.69, 9.17) is 23.1 Å². The molecule has 0 amide bonds. The van der Waals surface area contributed by atoms with Gasteiger partial charge in [-0.3, -0.25) is 0 Å². The van der Waals surface area contributed by atoms with Crippen LogP contribution in [0.5, 0.6) is 0 Å². The molecule has 0 unspecified atom stereocenters. The molecule has 0 radical (unpaired) electrons. The van der Waals surface area contributed by atoms with E-state index >= 15 is 0 Å². The van der Waals surface area contributed by atoms with Gasteiger partial charge in [-0.25, -0.2) is 13.2 Å². The van der Waals surface area contributed by atoms with Crippen LogP contribution in [-0.4, -0.2) is 26.0 Å². The molecule has 0 heterocycles. The summed E-state index contributed by atoms with van der Waals surface area (Å²) in [5.74, 6) is 0.879. The van der Waals surface area contributed by atoms with Gasteiger partial charge in [0.25, 0.3) is 0 Å². The number of terminal acetylenes is 1. The molecule has 0 atom stereocenters. The van der Waals surface area contributed by atoms with Gasteiger partial charge in [0.2, 0.25) is 10.0 Å². The van der Waals surface area contributed by atoms with E-state index in [0.29, 0.717) is 0 Å². The lowest BCUT2D eigenvalue weighted by Crippen LogP contribution is -2.25. The first-order valence-corrected chi connectivity index (χ1v) is 6.62. The van der Waals surface area contributed by atoms with Crippen LogP contribution in [0.3, 0.4) is 0 Å². The van der Waals surface area contributed by atoms with E-state index in [-0.39, 0.29) is 27.6 Å². The Kier molecular flexibility index (Phi) is 4.35. The summed E-state index contributed by atoms with van der Waals surface area (Å²) < 4.78 is 25.9. The molecule has 0 saturated carbocycles. The number of nitrogens with one attached hydrogen (secondary N) is 1. The van der Waals surface area contributed by atoms with Gasteiger partial charge in [0.15, 0.2) is 0 Å². The average Bonchev–Trinajstić information content (AvgIpc) is 2.28. The molecule has 0 aliphatic carbocycles. The Morgan fingerprint density at radius 3 is 2.67 bits per heavy atom. The minimum absolute atomic E-state index is 0.0269. The Labute approximate surface area is 110 Å². The van der Waals surface area contributed by atoms with E-state index in [1.165, 1.54) is 19.1 Å². The third kappa shape index (κ3) is 3.01. The summed E-state index contributed by atoms with van der Waals surface area (Å²) in [6, 6.07) is 2.38. The summed E-state index contributed by atoms with van der Waals surface area (Å²) in [6.07, 6.45) is 4.96. The normalized spacial score (nSPS) is 10.9. The van der Waals surface area contributed by atoms with Crippen LogP contribution in [-0.2, 0) is 10.0 Å². The van der Waals surface area contributed by atoms with E-state index < -0.39 is 16.0 Å². The second-order valence-corrected chi connectivity index (χ2v) is 5.58. The molecule has 1 rings (SSSR count). The van der Waals surface area contributed by atoms with Crippen molar-refractivity contribution >= 4 is 27.6 Å². The van der Waals surface area contributed by atoms with E-state index in [0.717, 1.165) is 0 Å². The molecule has 0 saturated heterocycles. The molecule has 0 aliphatic rings. The topological polar surface area (TPSA) is 83.5 Å². The van der Waals surface area contributed by atoms with Gasteiger partial charge >= 0.3 is 5.97 Å². The van der Waals surface area contributed by atoms with Crippen molar-refractivity contribution in [2.75, 3.05) is 6.54 Å². The van der Waals surface area contributed by atoms with Gasteiger partial charge in [0.1, 0.15) is 0 Å². The Balaban J connectivity index is 3.43. The van der Waals surface area contributed by atoms with E-state index in [1.807, 2.05) is 0 Å². The highest BCUT2D eigenvalue weighted by atomic mass is 35.5. The first-order chi connectivity index (χ1) is 8.29. The Bertz CT molecular complexity index is 631. The van der Waals surface area contributed by atoms with Crippen LogP contribution < -0.4 is 4.72 Å². The third-order valence-corrected chi connectivity index (χ3v) is 3.95. The first kappa shape index (κ1) is 14.5. The predicted octanol–water partition coefficient (Wildman–Crippen LogP) is 1.26. The summed E-state index contributed by atoms with van der Waals surface area (Å²) >= 11 is 5.71. The van der Waals surface area contributed by atoms with Crippen molar-refractivity contribution < 1.29 is 18.3 Å². The molecule has 1 aromatic rings. The number of carboxylic acids is 1. The molecule has 0 aromatic heterocycles. The van der Waals surface area contributed by atoms with E-state index in [2.05, 4.69) is 10.6 Å². The van der Waals surface area contributed by atoms with Gasteiger partial charge in [-0.15, -0.1) is 6.42 Å². The van der Waals surface area contributed by atoms with Crippen LogP contribution in [0.1, 0.15) is 15.9 Å². The summed E-state index contributed by atoms with van der Waals surface area (Å²) in [7, 11) is -3.87. The van der Waals surface area contributed by atoms with Gasteiger partial charge in [-0.2, -0.15) is 4.72 Å². The van der Waals surface area contributed by atoms with Gasteiger partial charge in [0, 0.05) is 5.02 Å². The average molecular weight is 288 g/mol. The van der Waals surface area contributed by atoms with Crippen molar-refractivity contribution in [2.45, 2.75) is 11.8 Å². The van der Waals surface area contributed by atoms with Gasteiger partial charge in [0.05, 0.1) is 17.0 Å². The van der Waals surface area contributed by atoms with Crippen molar-refractivity contribution in [3.8, 4) is 12.3 Å². The van der Waals surface area contributed by atoms with Gasteiger partial charge in [-0.1, -0.05) is 17.5 Å². The predicted molar refractivity (Wildman–Crippen MR) is 67.2 cm³/mol. The smallest absolute Gasteiger partial charge is 0.336 e. The zero-order valence-corrected chi connectivity index (χ0v) is 11.0. The fourth-order valence-electron chi connectivity index (χ4n) is 1.37. The lowest BCUT2D eigenvalue weighted by atomic mass is 10.1. The fourth-order valence-corrected chi connectivity index (χ4v) is 2.88. The number of carbonyl (C=O) groups is 1. The number of hydrogen-bond donors (Lipinski definition) is 2. The maximum atomic E-state index is 11.9. The number of aromatic carboxylic acids is 1. The molecule has 1 aromatic carbocycles. The summed E-state index contributed by atoms with van der Waals surface area (Å²) in [4.78, 5) is 10.8. The van der Waals surface area contributed by atoms with Crippen LogP contribution in [0.25, 0.3) is 0 Å². The summed E-state index contributed by atoms with van der Waals surface area (Å²) in [5.41, 5.74) is -0.0556. The summed E-state index contributed by atoms with van der Waals surface area (Å²) in [5, 5.41) is 8.98. The molecule has 0 aliphatic heterocycles. The number of sulfonamides is 1. The highest BCUT2D eigenvalue weighted by Crippen LogP contribution is 2.24. The molecule has 0 fully saturated rings. The zero-order chi connectivity index (χ0) is 13.9. The van der Waals surface area contributed by atoms with Crippen molar-refractivity contribution in [3.05, 3.63) is 28.3 Å². The largest absolute Gasteiger partial charge is 0.478 e. The number of carboxylic acid groups (broad SMARTS) is 1. The van der Waals surface area contributed by atoms with Crippen LogP contribution in [0, 0.1) is 19.3 Å². The third-order valence-electron chi connectivity index (χ3n) is 2.21. The Hall–Kier alpha value is -1.55. The SMILES string of the molecule is C#CCNS(=O)(=O)c1cc(Cl)cc(C(=O)O)c1C. The maximum absolute atomic E-state index is 11.9. The first-order valence-electron chi connectivity index (χ1n) is 4.76. The van der Waals surface area contributed by atoms with Gasteiger partial charge in [-0.05, 0) is 24.6 Å². The van der Waals surface area contributed by atoms with E-state index in [1.54, 1.807) is 0 Å². The van der Waals surface area contributed by atoms with Crippen LogP contribution >= 0.6 is 11.6 Å². The monoisotopic (exact) mass is 287 g/mol. The molecule has 0 spiro atoms. The van der Waals surface area contributed by atoms with Crippen molar-refractivity contribution in [1.29, 1.82) is 0 Å². The highest BCUT2D eigenvalue weighted by molar-refractivity contribution is 7.89. The van der Waals surface area contributed by atoms with Gasteiger partial charge < -0.3 is 5.11 Å². The molecule has 0 bridgehead atoms. The Morgan fingerprint density at radius 1 is 1.56 bits per heavy atom. The van der Waals surface area contributed by atoms with Crippen molar-refractivity contribution in [1.82, 2.24) is 4.72 Å². The van der Waals surface area contributed by atoms with Crippen molar-refractivity contribution in [2.24, 2.45) is 0 Å². The number of rotatable bonds is 4. The second kappa shape index (κ2) is 5.40.